The molecule has 0 fully saturated rings. The summed E-state index contributed by atoms with van der Waals surface area (Å²) in [6.45, 7) is 8.29. The minimum Gasteiger partial charge on any atom is -0.444 e. The van der Waals surface area contributed by atoms with Gasteiger partial charge < -0.3 is 9.73 Å². The second-order valence-electron chi connectivity index (χ2n) is 4.76. The number of hydrogen-bond donors (Lipinski definition) is 1. The largest absolute Gasteiger partial charge is 0.444 e. The Morgan fingerprint density at radius 2 is 1.90 bits per heavy atom. The van der Waals surface area contributed by atoms with E-state index in [2.05, 4.69) is 27.2 Å². The van der Waals surface area contributed by atoms with E-state index in [0.717, 1.165) is 41.5 Å². The van der Waals surface area contributed by atoms with Gasteiger partial charge in [-0.25, -0.2) is 15.0 Å². The lowest BCUT2D eigenvalue weighted by molar-refractivity contribution is 0.478. The van der Waals surface area contributed by atoms with E-state index in [1.54, 1.807) is 0 Å². The van der Waals surface area contributed by atoms with E-state index in [0.29, 0.717) is 17.6 Å². The molecule has 0 atom stereocenters. The number of oxazole rings is 1. The molecular weight excluding hydrogens is 276 g/mol. The molecule has 2 rings (SSSR count). The van der Waals surface area contributed by atoms with Crippen molar-refractivity contribution in [3.8, 4) is 0 Å². The average Bonchev–Trinajstić information content (AvgIpc) is 2.71. The van der Waals surface area contributed by atoms with Gasteiger partial charge in [0.2, 0.25) is 5.89 Å². The number of halogens is 1. The highest BCUT2D eigenvalue weighted by molar-refractivity contribution is 6.30. The zero-order valence-electron chi connectivity index (χ0n) is 12.2. The lowest BCUT2D eigenvalue weighted by Gasteiger charge is -2.09. The van der Waals surface area contributed by atoms with Crippen LogP contribution < -0.4 is 5.32 Å². The SMILES string of the molecule is CCCc1nc(Cl)c(C)c(NCc2nc(C)c(C)o2)n1. The Morgan fingerprint density at radius 1 is 1.15 bits per heavy atom. The summed E-state index contributed by atoms with van der Waals surface area (Å²) < 4.78 is 5.53. The minimum absolute atomic E-state index is 0.481. The second-order valence-corrected chi connectivity index (χ2v) is 5.12. The molecule has 5 nitrogen and oxygen atoms in total. The highest BCUT2D eigenvalue weighted by atomic mass is 35.5. The van der Waals surface area contributed by atoms with Crippen molar-refractivity contribution in [2.24, 2.45) is 0 Å². The predicted octanol–water partition coefficient (Wildman–Crippen LogP) is 3.61. The van der Waals surface area contributed by atoms with E-state index in [1.807, 2.05) is 20.8 Å². The first-order chi connectivity index (χ1) is 9.51. The van der Waals surface area contributed by atoms with Crippen LogP contribution in [0.4, 0.5) is 5.82 Å². The molecule has 2 heterocycles. The standard InChI is InChI=1S/C14H19ClN4O/c1-5-6-11-18-13(15)8(2)14(19-11)16-7-12-17-9(3)10(4)20-12/h5-7H2,1-4H3,(H,16,18,19). The highest BCUT2D eigenvalue weighted by Crippen LogP contribution is 2.21. The normalized spacial score (nSPS) is 10.8. The van der Waals surface area contributed by atoms with Crippen molar-refractivity contribution in [3.05, 3.63) is 33.9 Å². The van der Waals surface area contributed by atoms with Crippen LogP contribution in [0.25, 0.3) is 0 Å². The lowest BCUT2D eigenvalue weighted by Crippen LogP contribution is -2.07. The summed E-state index contributed by atoms with van der Waals surface area (Å²) in [4.78, 5) is 13.1. The molecule has 108 valence electrons. The third-order valence-electron chi connectivity index (χ3n) is 3.09. The van der Waals surface area contributed by atoms with Gasteiger partial charge in [0.25, 0.3) is 0 Å². The fraction of sp³-hybridized carbons (Fsp3) is 0.500. The molecule has 0 saturated heterocycles. The number of aromatic nitrogens is 3. The van der Waals surface area contributed by atoms with Gasteiger partial charge in [-0.05, 0) is 27.2 Å². The third kappa shape index (κ3) is 3.28. The van der Waals surface area contributed by atoms with Crippen molar-refractivity contribution in [2.75, 3.05) is 5.32 Å². The first-order valence-electron chi connectivity index (χ1n) is 6.71. The molecule has 0 aliphatic heterocycles. The molecule has 0 aliphatic carbocycles. The van der Waals surface area contributed by atoms with Gasteiger partial charge in [-0.15, -0.1) is 0 Å². The monoisotopic (exact) mass is 294 g/mol. The number of nitrogens with zero attached hydrogens (tertiary/aromatic N) is 3. The van der Waals surface area contributed by atoms with E-state index in [-0.39, 0.29) is 0 Å². The van der Waals surface area contributed by atoms with Crippen molar-refractivity contribution >= 4 is 17.4 Å². The van der Waals surface area contributed by atoms with Crippen molar-refractivity contribution in [1.29, 1.82) is 0 Å². The van der Waals surface area contributed by atoms with E-state index in [9.17, 15) is 0 Å². The maximum Gasteiger partial charge on any atom is 0.213 e. The van der Waals surface area contributed by atoms with Crippen LogP contribution in [0.2, 0.25) is 5.15 Å². The summed E-state index contributed by atoms with van der Waals surface area (Å²) in [6.07, 6.45) is 1.79. The van der Waals surface area contributed by atoms with Crippen molar-refractivity contribution < 1.29 is 4.42 Å². The molecule has 0 radical (unpaired) electrons. The van der Waals surface area contributed by atoms with Gasteiger partial charge in [-0.1, -0.05) is 18.5 Å². The van der Waals surface area contributed by atoms with Gasteiger partial charge in [0.1, 0.15) is 22.6 Å². The fourth-order valence-electron chi connectivity index (χ4n) is 1.81. The summed E-state index contributed by atoms with van der Waals surface area (Å²) in [7, 11) is 0. The third-order valence-corrected chi connectivity index (χ3v) is 3.45. The topological polar surface area (TPSA) is 63.8 Å². The van der Waals surface area contributed by atoms with E-state index in [4.69, 9.17) is 16.0 Å². The Bertz CT molecular complexity index is 590. The van der Waals surface area contributed by atoms with Gasteiger partial charge in [0.05, 0.1) is 12.2 Å². The number of hydrogen-bond acceptors (Lipinski definition) is 5. The molecule has 1 N–H and O–H groups in total. The lowest BCUT2D eigenvalue weighted by atomic mass is 10.3. The maximum absolute atomic E-state index is 6.14. The molecule has 0 unspecified atom stereocenters. The molecule has 2 aromatic heterocycles. The molecule has 0 amide bonds. The van der Waals surface area contributed by atoms with Crippen molar-refractivity contribution in [2.45, 2.75) is 47.1 Å². The van der Waals surface area contributed by atoms with Crippen LogP contribution in [-0.4, -0.2) is 15.0 Å². The molecule has 0 aromatic carbocycles. The molecule has 20 heavy (non-hydrogen) atoms. The Balaban J connectivity index is 2.15. The summed E-state index contributed by atoms with van der Waals surface area (Å²) in [5.74, 6) is 2.98. The Hall–Kier alpha value is -1.62. The van der Waals surface area contributed by atoms with Crippen LogP contribution in [0.3, 0.4) is 0 Å². The molecule has 0 bridgehead atoms. The van der Waals surface area contributed by atoms with Gasteiger partial charge in [0, 0.05) is 12.0 Å². The van der Waals surface area contributed by atoms with Crippen molar-refractivity contribution in [1.82, 2.24) is 15.0 Å². The summed E-state index contributed by atoms with van der Waals surface area (Å²) in [5, 5.41) is 3.71. The van der Waals surface area contributed by atoms with E-state index in [1.165, 1.54) is 0 Å². The van der Waals surface area contributed by atoms with Crippen molar-refractivity contribution in [3.63, 3.8) is 0 Å². The molecular formula is C14H19ClN4O. The molecule has 0 aliphatic rings. The number of nitrogens with one attached hydrogen (secondary N) is 1. The van der Waals surface area contributed by atoms with E-state index < -0.39 is 0 Å². The van der Waals surface area contributed by atoms with Crippen LogP contribution >= 0.6 is 11.6 Å². The Labute approximate surface area is 123 Å². The summed E-state index contributed by atoms with van der Waals surface area (Å²) in [5.41, 5.74) is 1.75. The molecule has 6 heteroatoms. The van der Waals surface area contributed by atoms with E-state index >= 15 is 0 Å². The van der Waals surface area contributed by atoms with Crippen LogP contribution in [-0.2, 0) is 13.0 Å². The van der Waals surface area contributed by atoms with Gasteiger partial charge in [-0.2, -0.15) is 0 Å². The van der Waals surface area contributed by atoms with Crippen LogP contribution in [0.1, 0.15) is 42.1 Å². The molecule has 2 aromatic rings. The molecule has 0 saturated carbocycles. The zero-order valence-corrected chi connectivity index (χ0v) is 13.0. The number of rotatable bonds is 5. The fourth-order valence-corrected chi connectivity index (χ4v) is 2.00. The maximum atomic E-state index is 6.14. The zero-order chi connectivity index (χ0) is 14.7. The Morgan fingerprint density at radius 3 is 2.50 bits per heavy atom. The van der Waals surface area contributed by atoms with Gasteiger partial charge >= 0.3 is 0 Å². The number of aryl methyl sites for hydroxylation is 3. The molecule has 0 spiro atoms. The summed E-state index contributed by atoms with van der Waals surface area (Å²) >= 11 is 6.14. The Kier molecular flexibility index (Phi) is 4.60. The summed E-state index contributed by atoms with van der Waals surface area (Å²) in [6, 6.07) is 0. The number of anilines is 1. The van der Waals surface area contributed by atoms with Crippen LogP contribution in [0, 0.1) is 20.8 Å². The quantitative estimate of drug-likeness (QED) is 0.854. The van der Waals surface area contributed by atoms with Gasteiger partial charge in [0.15, 0.2) is 0 Å². The predicted molar refractivity (Wildman–Crippen MR) is 79.1 cm³/mol. The first-order valence-corrected chi connectivity index (χ1v) is 7.08. The average molecular weight is 295 g/mol. The minimum atomic E-state index is 0.481. The van der Waals surface area contributed by atoms with Crippen LogP contribution in [0.5, 0.6) is 0 Å². The first kappa shape index (κ1) is 14.8. The van der Waals surface area contributed by atoms with Gasteiger partial charge in [-0.3, -0.25) is 0 Å². The second kappa shape index (κ2) is 6.22. The van der Waals surface area contributed by atoms with Crippen LogP contribution in [0.15, 0.2) is 4.42 Å². The smallest absolute Gasteiger partial charge is 0.213 e. The highest BCUT2D eigenvalue weighted by Gasteiger charge is 2.11.